The first-order valence-corrected chi connectivity index (χ1v) is 14.9. The van der Waals surface area contributed by atoms with Crippen molar-refractivity contribution in [1.29, 1.82) is 0 Å². The van der Waals surface area contributed by atoms with Crippen LogP contribution in [-0.4, -0.2) is 35.4 Å². The number of esters is 1. The molecule has 0 aliphatic carbocycles. The highest BCUT2D eigenvalue weighted by Crippen LogP contribution is 2.34. The summed E-state index contributed by atoms with van der Waals surface area (Å²) in [6.07, 6.45) is -4.73. The van der Waals surface area contributed by atoms with E-state index < -0.39 is 76.7 Å². The van der Waals surface area contributed by atoms with Crippen molar-refractivity contribution in [3.8, 4) is 16.9 Å². The van der Waals surface area contributed by atoms with E-state index in [1.807, 2.05) is 0 Å². The molecule has 0 aliphatic heterocycles. The van der Waals surface area contributed by atoms with E-state index in [-0.39, 0.29) is 48.6 Å². The van der Waals surface area contributed by atoms with E-state index in [2.05, 4.69) is 5.32 Å². The van der Waals surface area contributed by atoms with E-state index in [1.54, 1.807) is 6.92 Å². The minimum atomic E-state index is -4.99. The Morgan fingerprint density at radius 3 is 2.29 bits per heavy atom. The zero-order valence-corrected chi connectivity index (χ0v) is 26.3. The number of nitrogens with one attached hydrogen (secondary N) is 1. The molecule has 4 aromatic rings. The number of nitrogens with zero attached hydrogens (tertiary/aromatic N) is 2. The fourth-order valence-electron chi connectivity index (χ4n) is 5.42. The molecule has 0 radical (unpaired) electrons. The summed E-state index contributed by atoms with van der Waals surface area (Å²) in [6, 6.07) is 10.7. The van der Waals surface area contributed by atoms with Gasteiger partial charge in [-0.1, -0.05) is 36.4 Å². The topological polar surface area (TPSA) is 91.6 Å². The van der Waals surface area contributed by atoms with Gasteiger partial charge in [-0.15, -0.1) is 0 Å². The lowest BCUT2D eigenvalue weighted by Gasteiger charge is -2.24. The van der Waals surface area contributed by atoms with Gasteiger partial charge in [-0.05, 0) is 51.1 Å². The first kappa shape index (κ1) is 36.0. The zero-order valence-electron chi connectivity index (χ0n) is 26.3. The predicted molar refractivity (Wildman–Crippen MR) is 165 cm³/mol. The second kappa shape index (κ2) is 15.4. The zero-order chi connectivity index (χ0) is 35.2. The van der Waals surface area contributed by atoms with Crippen molar-refractivity contribution >= 4 is 5.97 Å². The summed E-state index contributed by atoms with van der Waals surface area (Å²) in [5.41, 5.74) is -5.31. The molecule has 0 unspecified atom stereocenters. The second-order valence-electron chi connectivity index (χ2n) is 10.8. The molecule has 0 spiro atoms. The summed E-state index contributed by atoms with van der Waals surface area (Å²) >= 11 is 0. The molecule has 0 saturated carbocycles. The standard InChI is InChI=1S/C34H33F6N3O5/c1-4-48-29(44)16-9-17-41-27(21-10-5-6-13-25(21)35)19-43-32(45)30(22-11-7-15-28(47-3)31(22)37)20(2)42(33(43)46)18-23-24(34(38,39)40)12-8-14-26(23)36/h5-8,10-15,27,41H,4,9,16-19H2,1-3H3/t27-/m0/s1. The molecule has 3 aromatic carbocycles. The van der Waals surface area contributed by atoms with Crippen molar-refractivity contribution in [3.63, 3.8) is 0 Å². The number of rotatable bonds is 13. The van der Waals surface area contributed by atoms with Crippen LogP contribution in [0, 0.1) is 24.4 Å². The Kier molecular flexibility index (Phi) is 11.5. The van der Waals surface area contributed by atoms with Crippen LogP contribution in [0.25, 0.3) is 11.1 Å². The summed E-state index contributed by atoms with van der Waals surface area (Å²) in [5, 5.41) is 3.03. The first-order valence-electron chi connectivity index (χ1n) is 14.9. The van der Waals surface area contributed by atoms with Crippen LogP contribution in [0.3, 0.4) is 0 Å². The van der Waals surface area contributed by atoms with Crippen molar-refractivity contribution in [2.24, 2.45) is 0 Å². The molecule has 0 fully saturated rings. The maximum absolute atomic E-state index is 15.6. The third-order valence-corrected chi connectivity index (χ3v) is 7.78. The summed E-state index contributed by atoms with van der Waals surface area (Å²) in [7, 11) is 1.19. The van der Waals surface area contributed by atoms with Crippen LogP contribution in [0.5, 0.6) is 5.75 Å². The third-order valence-electron chi connectivity index (χ3n) is 7.78. The number of hydrogen-bond acceptors (Lipinski definition) is 6. The number of carbonyl (C=O) groups excluding carboxylic acids is 1. The molecular formula is C34H33F6N3O5. The molecule has 14 heteroatoms. The van der Waals surface area contributed by atoms with Crippen molar-refractivity contribution < 1.29 is 40.6 Å². The van der Waals surface area contributed by atoms with Gasteiger partial charge in [-0.2, -0.15) is 13.2 Å². The fraction of sp³-hybridized carbons (Fsp3) is 0.324. The third kappa shape index (κ3) is 7.81. The number of aromatic nitrogens is 2. The smallest absolute Gasteiger partial charge is 0.416 e. The fourth-order valence-corrected chi connectivity index (χ4v) is 5.42. The molecule has 0 aliphatic rings. The first-order chi connectivity index (χ1) is 22.8. The largest absolute Gasteiger partial charge is 0.494 e. The van der Waals surface area contributed by atoms with Crippen LogP contribution in [0.2, 0.25) is 0 Å². The van der Waals surface area contributed by atoms with Gasteiger partial charge >= 0.3 is 17.8 Å². The Morgan fingerprint density at radius 2 is 1.62 bits per heavy atom. The molecular weight excluding hydrogens is 644 g/mol. The minimum absolute atomic E-state index is 0.0194. The van der Waals surface area contributed by atoms with Crippen molar-refractivity contribution in [2.45, 2.75) is 52.0 Å². The van der Waals surface area contributed by atoms with Gasteiger partial charge in [0.05, 0.1) is 44.0 Å². The monoisotopic (exact) mass is 677 g/mol. The molecule has 4 rings (SSSR count). The normalized spacial score (nSPS) is 12.2. The van der Waals surface area contributed by atoms with E-state index in [9.17, 15) is 27.6 Å². The molecule has 256 valence electrons. The number of benzene rings is 3. The van der Waals surface area contributed by atoms with Crippen LogP contribution in [0.1, 0.15) is 48.2 Å². The quantitative estimate of drug-likeness (QED) is 0.104. The molecule has 48 heavy (non-hydrogen) atoms. The van der Waals surface area contributed by atoms with Gasteiger partial charge in [0.1, 0.15) is 11.6 Å². The van der Waals surface area contributed by atoms with Gasteiger partial charge in [-0.3, -0.25) is 18.7 Å². The minimum Gasteiger partial charge on any atom is -0.494 e. The average molecular weight is 678 g/mol. The van der Waals surface area contributed by atoms with Crippen LogP contribution in [0.15, 0.2) is 70.3 Å². The molecule has 8 nitrogen and oxygen atoms in total. The summed E-state index contributed by atoms with van der Waals surface area (Å²) < 4.78 is 98.9. The number of halogens is 6. The predicted octanol–water partition coefficient (Wildman–Crippen LogP) is 6.15. The van der Waals surface area contributed by atoms with Gasteiger partial charge in [0.15, 0.2) is 11.6 Å². The molecule has 1 atom stereocenters. The Labute approximate surface area is 271 Å². The summed E-state index contributed by atoms with van der Waals surface area (Å²) in [6.45, 7) is 1.63. The molecule has 0 bridgehead atoms. The van der Waals surface area contributed by atoms with E-state index >= 15 is 13.2 Å². The van der Waals surface area contributed by atoms with Gasteiger partial charge in [0.2, 0.25) is 0 Å². The van der Waals surface area contributed by atoms with Crippen molar-refractivity contribution in [1.82, 2.24) is 14.5 Å². The van der Waals surface area contributed by atoms with Crippen molar-refractivity contribution in [2.75, 3.05) is 20.3 Å². The van der Waals surface area contributed by atoms with Crippen LogP contribution in [0.4, 0.5) is 26.3 Å². The van der Waals surface area contributed by atoms with E-state index in [1.165, 1.54) is 50.4 Å². The lowest BCUT2D eigenvalue weighted by Crippen LogP contribution is -2.45. The SMILES string of the molecule is CCOC(=O)CCCN[C@@H](Cn1c(=O)c(-c2cccc(OC)c2F)c(C)n(Cc2c(F)cccc2C(F)(F)F)c1=O)c1ccccc1F. The van der Waals surface area contributed by atoms with E-state index in [0.717, 1.165) is 22.8 Å². The molecule has 1 heterocycles. The number of hydrogen-bond donors (Lipinski definition) is 1. The van der Waals surface area contributed by atoms with Crippen LogP contribution < -0.4 is 21.3 Å². The van der Waals surface area contributed by atoms with Gasteiger partial charge < -0.3 is 14.8 Å². The average Bonchev–Trinajstić information content (AvgIpc) is 3.03. The number of carbonyl (C=O) groups is 1. The van der Waals surface area contributed by atoms with Gasteiger partial charge in [-0.25, -0.2) is 18.0 Å². The highest BCUT2D eigenvalue weighted by atomic mass is 19.4. The number of ether oxygens (including phenoxy) is 2. The van der Waals surface area contributed by atoms with Crippen LogP contribution in [-0.2, 0) is 28.8 Å². The highest BCUT2D eigenvalue weighted by Gasteiger charge is 2.35. The Morgan fingerprint density at radius 1 is 0.938 bits per heavy atom. The van der Waals surface area contributed by atoms with Crippen molar-refractivity contribution in [3.05, 3.63) is 121 Å². The second-order valence-corrected chi connectivity index (χ2v) is 10.8. The summed E-state index contributed by atoms with van der Waals surface area (Å²) in [4.78, 5) is 40.0. The molecule has 1 N–H and O–H groups in total. The summed E-state index contributed by atoms with van der Waals surface area (Å²) in [5.74, 6) is -3.65. The Balaban J connectivity index is 1.93. The van der Waals surface area contributed by atoms with E-state index in [4.69, 9.17) is 9.47 Å². The van der Waals surface area contributed by atoms with E-state index in [0.29, 0.717) is 10.6 Å². The maximum Gasteiger partial charge on any atom is 0.416 e. The Hall–Kier alpha value is -4.85. The maximum atomic E-state index is 15.6. The van der Waals surface area contributed by atoms with Crippen LogP contribution >= 0.6 is 0 Å². The number of methoxy groups -OCH3 is 1. The lowest BCUT2D eigenvalue weighted by molar-refractivity contribution is -0.143. The molecule has 0 saturated heterocycles. The van der Waals surface area contributed by atoms with Gasteiger partial charge in [0.25, 0.3) is 5.56 Å². The highest BCUT2D eigenvalue weighted by molar-refractivity contribution is 5.69. The molecule has 1 aromatic heterocycles. The lowest BCUT2D eigenvalue weighted by atomic mass is 10.0. The Bertz CT molecular complexity index is 1900. The molecule has 0 amide bonds. The van der Waals surface area contributed by atoms with Gasteiger partial charge in [0, 0.05) is 28.8 Å². The number of alkyl halides is 3.